The highest BCUT2D eigenvalue weighted by Gasteiger charge is 2.19. The number of nitrogens with one attached hydrogen (secondary N) is 2. The minimum absolute atomic E-state index is 0.0329. The number of fused-ring (bicyclic) bond motifs is 1. The Morgan fingerprint density at radius 1 is 1.36 bits per heavy atom. The summed E-state index contributed by atoms with van der Waals surface area (Å²) in [5, 5.41) is 3.80. The average molecular weight is 382 g/mol. The van der Waals surface area contributed by atoms with Crippen molar-refractivity contribution in [3.8, 4) is 0 Å². The van der Waals surface area contributed by atoms with Crippen LogP contribution >= 0.6 is 23.1 Å². The van der Waals surface area contributed by atoms with Crippen LogP contribution in [0.2, 0.25) is 0 Å². The highest BCUT2D eigenvalue weighted by atomic mass is 32.2. The molecule has 0 aliphatic carbocycles. The molecular weight excluding hydrogens is 354 g/mol. The molecule has 0 aromatic carbocycles. The molecule has 7 heteroatoms. The van der Waals surface area contributed by atoms with E-state index in [4.69, 9.17) is 0 Å². The molecule has 25 heavy (non-hydrogen) atoms. The van der Waals surface area contributed by atoms with E-state index in [0.717, 1.165) is 39.9 Å². The third kappa shape index (κ3) is 4.85. The van der Waals surface area contributed by atoms with E-state index in [9.17, 15) is 9.59 Å². The summed E-state index contributed by atoms with van der Waals surface area (Å²) in [5.74, 6) is 0.502. The topological polar surface area (TPSA) is 74.8 Å². The van der Waals surface area contributed by atoms with Gasteiger partial charge in [0, 0.05) is 11.4 Å². The van der Waals surface area contributed by atoms with Crippen molar-refractivity contribution in [1.29, 1.82) is 0 Å². The Labute approximate surface area is 157 Å². The van der Waals surface area contributed by atoms with Gasteiger partial charge in [-0.15, -0.1) is 11.3 Å². The highest BCUT2D eigenvalue weighted by Crippen LogP contribution is 2.31. The van der Waals surface area contributed by atoms with Crippen LogP contribution in [0.3, 0.4) is 0 Å². The van der Waals surface area contributed by atoms with E-state index in [1.165, 1.54) is 11.8 Å². The normalized spacial score (nSPS) is 13.8. The van der Waals surface area contributed by atoms with Crippen LogP contribution in [-0.2, 0) is 11.2 Å². The molecule has 0 saturated heterocycles. The van der Waals surface area contributed by atoms with Crippen molar-refractivity contribution in [2.24, 2.45) is 5.92 Å². The molecule has 2 heterocycles. The number of hydrogen-bond acceptors (Lipinski definition) is 5. The van der Waals surface area contributed by atoms with E-state index in [-0.39, 0.29) is 16.7 Å². The zero-order valence-electron chi connectivity index (χ0n) is 15.6. The highest BCUT2D eigenvalue weighted by molar-refractivity contribution is 8.00. The summed E-state index contributed by atoms with van der Waals surface area (Å²) in [6, 6.07) is 0. The molecule has 2 aromatic heterocycles. The van der Waals surface area contributed by atoms with E-state index in [0.29, 0.717) is 17.6 Å². The lowest BCUT2D eigenvalue weighted by Crippen LogP contribution is -2.31. The Balaban J connectivity index is 2.28. The second-order valence-electron chi connectivity index (χ2n) is 6.46. The maximum atomic E-state index is 12.6. The van der Waals surface area contributed by atoms with Crippen LogP contribution in [0.1, 0.15) is 51.0 Å². The van der Waals surface area contributed by atoms with Crippen LogP contribution in [0.25, 0.3) is 10.2 Å². The summed E-state index contributed by atoms with van der Waals surface area (Å²) < 4.78 is 0. The van der Waals surface area contributed by atoms with Crippen molar-refractivity contribution in [3.63, 3.8) is 0 Å². The van der Waals surface area contributed by atoms with Crippen molar-refractivity contribution < 1.29 is 4.79 Å². The first-order valence-corrected chi connectivity index (χ1v) is 10.5. The molecular formula is C18H27N3O2S2. The number of aryl methyl sites for hydroxylation is 1. The molecule has 0 spiro atoms. The number of nitrogens with zero attached hydrogens (tertiary/aromatic N) is 1. The van der Waals surface area contributed by atoms with Gasteiger partial charge in [-0.25, -0.2) is 4.98 Å². The Kier molecular flexibility index (Phi) is 7.07. The van der Waals surface area contributed by atoms with Gasteiger partial charge in [0.05, 0.1) is 10.6 Å². The van der Waals surface area contributed by atoms with Crippen molar-refractivity contribution in [1.82, 2.24) is 15.3 Å². The van der Waals surface area contributed by atoms with E-state index in [2.05, 4.69) is 36.1 Å². The second kappa shape index (κ2) is 8.85. The number of thioether (sulfide) groups is 1. The van der Waals surface area contributed by atoms with Gasteiger partial charge in [0.2, 0.25) is 5.91 Å². The van der Waals surface area contributed by atoms with Gasteiger partial charge in [-0.1, -0.05) is 39.0 Å². The Morgan fingerprint density at radius 2 is 2.08 bits per heavy atom. The Bertz CT molecular complexity index is 797. The number of H-pyrrole nitrogens is 1. The lowest BCUT2D eigenvalue weighted by atomic mass is 9.98. The van der Waals surface area contributed by atoms with Crippen molar-refractivity contribution in [3.05, 3.63) is 20.8 Å². The van der Waals surface area contributed by atoms with Crippen LogP contribution < -0.4 is 10.9 Å². The monoisotopic (exact) mass is 381 g/mol. The maximum absolute atomic E-state index is 12.6. The quantitative estimate of drug-likeness (QED) is 0.537. The second-order valence-corrected chi connectivity index (χ2v) is 8.99. The van der Waals surface area contributed by atoms with E-state index in [1.54, 1.807) is 11.3 Å². The number of carbonyl (C=O) groups excluding carboxylic acids is 1. The van der Waals surface area contributed by atoms with Gasteiger partial charge in [-0.2, -0.15) is 0 Å². The van der Waals surface area contributed by atoms with E-state index in [1.807, 2.05) is 13.8 Å². The molecule has 5 nitrogen and oxygen atoms in total. The molecule has 0 bridgehead atoms. The predicted molar refractivity (Wildman–Crippen MR) is 107 cm³/mol. The number of carbonyl (C=O) groups is 1. The molecule has 2 aromatic rings. The van der Waals surface area contributed by atoms with Crippen molar-refractivity contribution >= 4 is 39.2 Å². The molecule has 138 valence electrons. The fourth-order valence-corrected chi connectivity index (χ4v) is 4.49. The molecule has 0 unspecified atom stereocenters. The van der Waals surface area contributed by atoms with Crippen LogP contribution in [0.5, 0.6) is 0 Å². The number of hydrogen-bond donors (Lipinski definition) is 2. The first-order chi connectivity index (χ1) is 11.9. The molecule has 0 aliphatic heterocycles. The lowest BCUT2D eigenvalue weighted by Gasteiger charge is -2.11. The zero-order chi connectivity index (χ0) is 18.6. The Hall–Kier alpha value is -1.34. The SMILES string of the molecule is CCCNC(=O)[C@@H](C)Sc1nc2sc(C)c(C[C@@H](C)CC)c2c(=O)[nH]1. The smallest absolute Gasteiger partial charge is 0.260 e. The van der Waals surface area contributed by atoms with Gasteiger partial charge >= 0.3 is 0 Å². The maximum Gasteiger partial charge on any atom is 0.260 e. The summed E-state index contributed by atoms with van der Waals surface area (Å²) in [7, 11) is 0. The van der Waals surface area contributed by atoms with Gasteiger partial charge < -0.3 is 10.3 Å². The van der Waals surface area contributed by atoms with Crippen molar-refractivity contribution in [2.75, 3.05) is 6.54 Å². The predicted octanol–water partition coefficient (Wildman–Crippen LogP) is 3.89. The lowest BCUT2D eigenvalue weighted by molar-refractivity contribution is -0.120. The largest absolute Gasteiger partial charge is 0.355 e. The van der Waals surface area contributed by atoms with Gasteiger partial charge in [-0.05, 0) is 38.2 Å². The fraction of sp³-hybridized carbons (Fsp3) is 0.611. The van der Waals surface area contributed by atoms with Crippen LogP contribution in [-0.4, -0.2) is 27.7 Å². The third-order valence-corrected chi connectivity index (χ3v) is 6.32. The minimum atomic E-state index is -0.298. The summed E-state index contributed by atoms with van der Waals surface area (Å²) in [4.78, 5) is 34.0. The molecule has 0 radical (unpaired) electrons. The number of thiophene rings is 1. The van der Waals surface area contributed by atoms with Gasteiger partial charge in [0.1, 0.15) is 4.83 Å². The molecule has 2 rings (SSSR count). The van der Waals surface area contributed by atoms with Gasteiger partial charge in [0.25, 0.3) is 5.56 Å². The summed E-state index contributed by atoms with van der Waals surface area (Å²) >= 11 is 2.86. The number of aromatic nitrogens is 2. The molecule has 0 fully saturated rings. The first kappa shape index (κ1) is 20.0. The molecule has 1 amide bonds. The average Bonchev–Trinajstić information content (AvgIpc) is 2.88. The number of amides is 1. The van der Waals surface area contributed by atoms with Crippen LogP contribution in [0, 0.1) is 12.8 Å². The third-order valence-electron chi connectivity index (χ3n) is 4.30. The minimum Gasteiger partial charge on any atom is -0.355 e. The van der Waals surface area contributed by atoms with Crippen LogP contribution in [0.4, 0.5) is 0 Å². The van der Waals surface area contributed by atoms with Crippen molar-refractivity contribution in [2.45, 2.75) is 64.3 Å². The van der Waals surface area contributed by atoms with Crippen LogP contribution in [0.15, 0.2) is 9.95 Å². The first-order valence-electron chi connectivity index (χ1n) is 8.83. The molecule has 2 atom stereocenters. The summed E-state index contributed by atoms with van der Waals surface area (Å²) in [6.07, 6.45) is 2.88. The van der Waals surface area contributed by atoms with E-state index < -0.39 is 0 Å². The van der Waals surface area contributed by atoms with Gasteiger partial charge in [0.15, 0.2) is 5.16 Å². The zero-order valence-corrected chi connectivity index (χ0v) is 17.2. The molecule has 0 aliphatic rings. The fourth-order valence-electron chi connectivity index (χ4n) is 2.56. The van der Waals surface area contributed by atoms with Gasteiger partial charge in [-0.3, -0.25) is 9.59 Å². The standard InChI is InChI=1S/C18H27N3O2S2/c1-6-8-19-15(22)12(5)25-18-20-16(23)14-13(9-10(3)7-2)11(4)24-17(14)21-18/h10,12H,6-9H2,1-5H3,(H,19,22)(H,20,21,23)/t10-,12+/m0/s1. The van der Waals surface area contributed by atoms with E-state index >= 15 is 0 Å². The molecule has 2 N–H and O–H groups in total. The Morgan fingerprint density at radius 3 is 2.72 bits per heavy atom. The number of aromatic amines is 1. The summed E-state index contributed by atoms with van der Waals surface area (Å²) in [5.41, 5.74) is 1.02. The molecule has 0 saturated carbocycles. The number of rotatable bonds is 8. The summed E-state index contributed by atoms with van der Waals surface area (Å²) in [6.45, 7) is 10.9.